The average molecular weight is 411 g/mol. The fourth-order valence-corrected chi connectivity index (χ4v) is 2.13. The number of nitrogens with one attached hydrogen (secondary N) is 2. The van der Waals surface area contributed by atoms with E-state index in [0.29, 0.717) is 0 Å². The normalized spacial score (nSPS) is 15.1. The number of halogens is 1. The van der Waals surface area contributed by atoms with E-state index in [0.717, 1.165) is 12.5 Å². The number of ether oxygens (including phenoxy) is 2. The third-order valence-corrected chi connectivity index (χ3v) is 4.13. The minimum atomic E-state index is -2.37. The van der Waals surface area contributed by atoms with Gasteiger partial charge in [0.25, 0.3) is 0 Å². The Morgan fingerprint density at radius 1 is 1.14 bits per heavy atom. The van der Waals surface area contributed by atoms with E-state index >= 15 is 0 Å². The number of hydrogen-bond donors (Lipinski definition) is 3. The van der Waals surface area contributed by atoms with E-state index in [2.05, 4.69) is 10.6 Å². The van der Waals surface area contributed by atoms with Crippen LogP contribution in [0.1, 0.15) is 33.3 Å². The van der Waals surface area contributed by atoms with Crippen molar-refractivity contribution in [3.63, 3.8) is 0 Å². The van der Waals surface area contributed by atoms with Crippen molar-refractivity contribution in [3.05, 3.63) is 35.9 Å². The SMILES string of the molecule is CC(C)[C@H](N)C(=O)N[C@@H](C)C(=O)NCOC[C@@](C)(F)C(=O)OCc1ccccc1. The standard InChI is InChI=1S/C20H30FN3O5/c1-13(2)16(22)18(26)24-14(3)17(25)23-12-28-11-20(4,21)19(27)29-10-15-8-6-5-7-9-15/h5-9,13-14,16H,10-12,22H2,1-4H3,(H,23,25)(H,24,26)/t14-,16-,20+/m0/s1. The summed E-state index contributed by atoms with van der Waals surface area (Å²) in [5.41, 5.74) is 4.08. The highest BCUT2D eigenvalue weighted by atomic mass is 19.1. The van der Waals surface area contributed by atoms with Gasteiger partial charge in [-0.15, -0.1) is 0 Å². The predicted octanol–water partition coefficient (Wildman–Crippen LogP) is 1.04. The number of alkyl halides is 1. The zero-order valence-electron chi connectivity index (χ0n) is 17.2. The highest BCUT2D eigenvalue weighted by Crippen LogP contribution is 2.14. The van der Waals surface area contributed by atoms with E-state index in [9.17, 15) is 18.8 Å². The molecule has 0 bridgehead atoms. The molecule has 0 fully saturated rings. The maximum Gasteiger partial charge on any atom is 0.346 e. The molecule has 0 saturated heterocycles. The van der Waals surface area contributed by atoms with Gasteiger partial charge in [0.15, 0.2) is 0 Å². The van der Waals surface area contributed by atoms with Crippen LogP contribution in [0.15, 0.2) is 30.3 Å². The van der Waals surface area contributed by atoms with E-state index in [1.807, 2.05) is 6.07 Å². The summed E-state index contributed by atoms with van der Waals surface area (Å²) >= 11 is 0. The van der Waals surface area contributed by atoms with Crippen molar-refractivity contribution in [2.75, 3.05) is 13.3 Å². The summed E-state index contributed by atoms with van der Waals surface area (Å²) in [6.07, 6.45) is 0. The quantitative estimate of drug-likeness (QED) is 0.284. The lowest BCUT2D eigenvalue weighted by Gasteiger charge is -2.21. The molecule has 3 atom stereocenters. The van der Waals surface area contributed by atoms with Crippen LogP contribution in [0.25, 0.3) is 0 Å². The molecular weight excluding hydrogens is 381 g/mol. The molecule has 0 aliphatic heterocycles. The summed E-state index contributed by atoms with van der Waals surface area (Å²) in [5, 5.41) is 4.88. The van der Waals surface area contributed by atoms with Crippen LogP contribution in [0.5, 0.6) is 0 Å². The summed E-state index contributed by atoms with van der Waals surface area (Å²) < 4.78 is 24.4. The molecule has 29 heavy (non-hydrogen) atoms. The van der Waals surface area contributed by atoms with Gasteiger partial charge >= 0.3 is 5.97 Å². The van der Waals surface area contributed by atoms with Crippen LogP contribution in [0.3, 0.4) is 0 Å². The smallest absolute Gasteiger partial charge is 0.346 e. The van der Waals surface area contributed by atoms with Crippen molar-refractivity contribution in [1.82, 2.24) is 10.6 Å². The second-order valence-corrected chi connectivity index (χ2v) is 7.29. The van der Waals surface area contributed by atoms with Gasteiger partial charge in [-0.2, -0.15) is 0 Å². The molecule has 162 valence electrons. The molecule has 0 unspecified atom stereocenters. The van der Waals surface area contributed by atoms with Crippen molar-refractivity contribution < 1.29 is 28.2 Å². The van der Waals surface area contributed by atoms with Crippen molar-refractivity contribution in [1.29, 1.82) is 0 Å². The topological polar surface area (TPSA) is 120 Å². The van der Waals surface area contributed by atoms with Crippen molar-refractivity contribution in [2.45, 2.75) is 52.1 Å². The van der Waals surface area contributed by atoms with Gasteiger partial charge in [0.05, 0.1) is 12.6 Å². The lowest BCUT2D eigenvalue weighted by atomic mass is 10.0. The summed E-state index contributed by atoms with van der Waals surface area (Å²) in [6, 6.07) is 7.32. The first-order chi connectivity index (χ1) is 13.5. The number of carbonyl (C=O) groups excluding carboxylic acids is 3. The fourth-order valence-electron chi connectivity index (χ4n) is 2.13. The van der Waals surface area contributed by atoms with Crippen LogP contribution in [-0.2, 0) is 30.5 Å². The van der Waals surface area contributed by atoms with Gasteiger partial charge in [0.2, 0.25) is 17.5 Å². The molecule has 1 aromatic carbocycles. The number of amides is 2. The van der Waals surface area contributed by atoms with Crippen molar-refractivity contribution >= 4 is 17.8 Å². The van der Waals surface area contributed by atoms with E-state index in [4.69, 9.17) is 15.2 Å². The summed E-state index contributed by atoms with van der Waals surface area (Å²) in [7, 11) is 0. The Kier molecular flexibility index (Phi) is 9.70. The van der Waals surface area contributed by atoms with Gasteiger partial charge in [-0.1, -0.05) is 44.2 Å². The van der Waals surface area contributed by atoms with Gasteiger partial charge in [-0.05, 0) is 25.3 Å². The number of hydrogen-bond acceptors (Lipinski definition) is 6. The van der Waals surface area contributed by atoms with Gasteiger partial charge in [-0.25, -0.2) is 9.18 Å². The Morgan fingerprint density at radius 2 is 1.76 bits per heavy atom. The summed E-state index contributed by atoms with van der Waals surface area (Å²) in [5.74, 6) is -2.10. The molecule has 0 aliphatic carbocycles. The zero-order valence-corrected chi connectivity index (χ0v) is 17.2. The maximum absolute atomic E-state index is 14.4. The van der Waals surface area contributed by atoms with Gasteiger partial charge in [0.1, 0.15) is 19.4 Å². The molecule has 0 aromatic heterocycles. The monoisotopic (exact) mass is 411 g/mol. The van der Waals surface area contributed by atoms with Crippen LogP contribution in [0, 0.1) is 5.92 Å². The van der Waals surface area contributed by atoms with Crippen LogP contribution in [0.2, 0.25) is 0 Å². The molecule has 8 nitrogen and oxygen atoms in total. The van der Waals surface area contributed by atoms with Gasteiger partial charge in [0, 0.05) is 0 Å². The van der Waals surface area contributed by atoms with E-state index in [1.54, 1.807) is 38.1 Å². The molecule has 1 aromatic rings. The van der Waals surface area contributed by atoms with Crippen molar-refractivity contribution in [2.24, 2.45) is 11.7 Å². The minimum absolute atomic E-state index is 0.0500. The molecule has 9 heteroatoms. The molecular formula is C20H30FN3O5. The molecule has 0 spiro atoms. The first kappa shape index (κ1) is 24.5. The second kappa shape index (κ2) is 11.5. The van der Waals surface area contributed by atoms with Gasteiger partial charge in [-0.3, -0.25) is 9.59 Å². The number of rotatable bonds is 11. The third kappa shape index (κ3) is 8.57. The Bertz CT molecular complexity index is 682. The number of esters is 1. The van der Waals surface area contributed by atoms with Gasteiger partial charge < -0.3 is 25.8 Å². The Morgan fingerprint density at radius 3 is 2.34 bits per heavy atom. The number of nitrogens with two attached hydrogens (primary N) is 1. The average Bonchev–Trinajstić information content (AvgIpc) is 2.68. The second-order valence-electron chi connectivity index (χ2n) is 7.29. The highest BCUT2D eigenvalue weighted by Gasteiger charge is 2.35. The van der Waals surface area contributed by atoms with Crippen LogP contribution in [0.4, 0.5) is 4.39 Å². The minimum Gasteiger partial charge on any atom is -0.458 e. The van der Waals surface area contributed by atoms with E-state index in [1.165, 1.54) is 6.92 Å². The largest absolute Gasteiger partial charge is 0.458 e. The summed E-state index contributed by atoms with van der Waals surface area (Å²) in [4.78, 5) is 35.7. The highest BCUT2D eigenvalue weighted by molar-refractivity contribution is 5.89. The van der Waals surface area contributed by atoms with Crippen LogP contribution >= 0.6 is 0 Å². The zero-order chi connectivity index (χ0) is 22.0. The first-order valence-electron chi connectivity index (χ1n) is 9.36. The molecule has 0 aliphatic rings. The Labute approximate surface area is 170 Å². The van der Waals surface area contributed by atoms with Crippen LogP contribution < -0.4 is 16.4 Å². The Balaban J connectivity index is 2.33. The third-order valence-electron chi connectivity index (χ3n) is 4.13. The lowest BCUT2D eigenvalue weighted by Crippen LogP contribution is -2.52. The fraction of sp³-hybridized carbons (Fsp3) is 0.550. The van der Waals surface area contributed by atoms with Crippen LogP contribution in [-0.4, -0.2) is 48.9 Å². The Hall–Kier alpha value is -2.52. The maximum atomic E-state index is 14.4. The molecule has 0 heterocycles. The lowest BCUT2D eigenvalue weighted by molar-refractivity contribution is -0.162. The van der Waals surface area contributed by atoms with Crippen molar-refractivity contribution in [3.8, 4) is 0 Å². The molecule has 2 amide bonds. The summed E-state index contributed by atoms with van der Waals surface area (Å²) in [6.45, 7) is 5.13. The number of benzene rings is 1. The first-order valence-corrected chi connectivity index (χ1v) is 9.36. The molecule has 4 N–H and O–H groups in total. The molecule has 0 radical (unpaired) electrons. The predicted molar refractivity (Wildman–Crippen MR) is 105 cm³/mol. The number of carbonyl (C=O) groups is 3. The molecule has 0 saturated carbocycles. The van der Waals surface area contributed by atoms with E-state index < -0.39 is 42.1 Å². The molecule has 1 rings (SSSR count). The van der Waals surface area contributed by atoms with E-state index in [-0.39, 0.29) is 19.3 Å².